The number of aliphatic hydroxyl groups excluding tert-OH is 6. The molecule has 113 heavy (non-hydrogen) atoms. The van der Waals surface area contributed by atoms with Crippen molar-refractivity contribution in [1.29, 1.82) is 0 Å². The summed E-state index contributed by atoms with van der Waals surface area (Å²) < 4.78 is 38.6. The maximum atomic E-state index is 16.2. The number of primary amides is 1. The molecule has 18 atom stereocenters. The van der Waals surface area contributed by atoms with Crippen LogP contribution in [0.25, 0.3) is 11.1 Å². The average Bonchev–Trinajstić information content (AvgIpc) is 0.766. The van der Waals surface area contributed by atoms with Gasteiger partial charge in [0, 0.05) is 60.2 Å². The molecule has 0 aromatic heterocycles. The fraction of sp³-hybridized carbons (Fsp3) is 0.466. The van der Waals surface area contributed by atoms with Crippen LogP contribution in [0.15, 0.2) is 78.9 Å². The van der Waals surface area contributed by atoms with E-state index < -0.39 is 226 Å². The van der Waals surface area contributed by atoms with Gasteiger partial charge in [-0.2, -0.15) is 12.6 Å². The predicted molar refractivity (Wildman–Crippen MR) is 411 cm³/mol. The maximum absolute atomic E-state index is 16.2. The van der Waals surface area contributed by atoms with Gasteiger partial charge in [0.2, 0.25) is 65.2 Å². The number of phenolic OH excluding ortho intramolecular Hbond substituents is 3. The highest BCUT2D eigenvalue weighted by Gasteiger charge is 2.52. The molecule has 7 aliphatic heterocycles. The van der Waals surface area contributed by atoms with E-state index in [0.29, 0.717) is 18.1 Å². The molecular formula is C73H89Cl2N11O24S3. The van der Waals surface area contributed by atoms with E-state index in [1.54, 1.807) is 0 Å². The summed E-state index contributed by atoms with van der Waals surface area (Å²) >= 11 is 18.3. The molecule has 40 heteroatoms. The van der Waals surface area contributed by atoms with Gasteiger partial charge >= 0.3 is 0 Å². The van der Waals surface area contributed by atoms with Crippen LogP contribution in [0.3, 0.4) is 0 Å². The van der Waals surface area contributed by atoms with Crippen LogP contribution in [0, 0.1) is 5.92 Å². The standard InChI is InChI=1S/C73H89Cl2N11O24S3/c1-29(2)18-40(78-5)65(98)85-56-58(93)32-7-10-44(38(74)20-32)106-46-22-34-23-47(62(46)110-72-63(61(96)60(95)48(28-87)108-72)109-51-27-73(4,77)64(97)30(3)105-51)107-45-11-8-33(21-39(45)75)59(94)57-71(104)84-55(67(100)80-14-17-113-112-16-13-79-50(92)12-15-111)37-24-35(88)25-43(90)52(37)36-19-31(6-9-42(36)89)53(68(101)86-57)83-69(102)54(34)82-66(99)41(26-49(76)91)81-70(56)103/h6-11,19-25,29-30,40-41,48,51,53-61,63-64,72,78,87-90,93-97,111H,12-18,26-28,77H2,1-5H3,(H2,76,91)(H,79,92)(H,80,100)(H,81,103)(H,82,99)(H,83,102)(H,84,104)(H,85,98)(H,86,101)/t30-,40+,41-,48+,51-,53+,54+,55-,56+,57-,58+,59+,60+,61-,63+,64+,72-,73-/m0/s1. The van der Waals surface area contributed by atoms with Crippen LogP contribution in [0.5, 0.6) is 46.0 Å². The zero-order valence-corrected chi connectivity index (χ0v) is 65.3. The lowest BCUT2D eigenvalue weighted by Crippen LogP contribution is -2.64. The number of aliphatic hydroxyl groups is 6. The Morgan fingerprint density at radius 1 is 0.717 bits per heavy atom. The summed E-state index contributed by atoms with van der Waals surface area (Å²) in [6.07, 6.45) is -18.4. The first kappa shape index (κ1) is 86.7. The van der Waals surface area contributed by atoms with Crippen LogP contribution < -0.4 is 73.5 Å². The first-order valence-electron chi connectivity index (χ1n) is 35.7. The van der Waals surface area contributed by atoms with Gasteiger partial charge in [-0.15, -0.1) is 0 Å². The van der Waals surface area contributed by atoms with Crippen LogP contribution in [0.1, 0.15) is 112 Å². The summed E-state index contributed by atoms with van der Waals surface area (Å²) in [5, 5.41) is 128. The number of carbonyl (C=O) groups is 9. The number of amides is 9. The quantitative estimate of drug-likeness (QED) is 0.0261. The molecule has 0 spiro atoms. The van der Waals surface area contributed by atoms with Crippen molar-refractivity contribution in [2.24, 2.45) is 17.4 Å². The highest BCUT2D eigenvalue weighted by molar-refractivity contribution is 8.76. The summed E-state index contributed by atoms with van der Waals surface area (Å²) in [5.41, 5.74) is 8.52. The third kappa shape index (κ3) is 20.5. The largest absolute Gasteiger partial charge is 0.508 e. The molecule has 0 radical (unpaired) electrons. The third-order valence-electron chi connectivity index (χ3n) is 19.2. The smallest absolute Gasteiger partial charge is 0.248 e. The molecule has 2 saturated heterocycles. The Labute approximate surface area is 670 Å². The minimum atomic E-state index is -2.35. The summed E-state index contributed by atoms with van der Waals surface area (Å²) in [6.45, 7) is 5.92. The van der Waals surface area contributed by atoms with E-state index in [2.05, 4.69) is 60.5 Å². The highest BCUT2D eigenvalue weighted by Crippen LogP contribution is 2.50. The second-order valence-electron chi connectivity index (χ2n) is 28.1. The monoisotopic (exact) mass is 1670 g/mol. The number of benzene rings is 5. The minimum absolute atomic E-state index is 0.0832. The van der Waals surface area contributed by atoms with Gasteiger partial charge in [-0.25, -0.2) is 0 Å². The Morgan fingerprint density at radius 3 is 1.93 bits per heavy atom. The number of hydrogen-bond acceptors (Lipinski definition) is 29. The highest BCUT2D eigenvalue weighted by atomic mass is 35.5. The van der Waals surface area contributed by atoms with E-state index in [4.69, 9.17) is 63.1 Å². The van der Waals surface area contributed by atoms with Gasteiger partial charge in [-0.1, -0.05) is 76.8 Å². The van der Waals surface area contributed by atoms with E-state index in [-0.39, 0.29) is 82.2 Å². The SMILES string of the molecule is CN[C@H](CC(C)C)C(=O)N[C@H]1C(=O)N[C@@H](CC(N)=O)C(=O)N[C@H]2C(=O)N[C@H]3C(=O)N[C@H](C(=O)N[C@H](C(=O)NCCSSCCNC(=O)CCS)c4cc(O)cc(O)c4-c4cc3ccc4O)[C@H](O)c3ccc(c(Cl)c3)Oc3cc2cc(c3O[C@@H]2O[C@H](CO)[C@@H](O)[C@H](O)[C@H]2O[C@H]2C[C@](C)(N)[C@H](O)[C@H](C)O2)Oc2ccc(cc2Cl)[C@H]1O. The molecule has 0 saturated carbocycles. The van der Waals surface area contributed by atoms with Crippen molar-refractivity contribution in [3.8, 4) is 57.1 Å². The van der Waals surface area contributed by atoms with E-state index >= 15 is 19.2 Å². The first-order valence-corrected chi connectivity index (χ1v) is 39.6. The lowest BCUT2D eigenvalue weighted by atomic mass is 9.86. The summed E-state index contributed by atoms with van der Waals surface area (Å²) in [6, 6.07) is 0.190. The Morgan fingerprint density at radius 2 is 1.33 bits per heavy atom. The van der Waals surface area contributed by atoms with Gasteiger partial charge in [-0.3, -0.25) is 43.2 Å². The zero-order chi connectivity index (χ0) is 82.2. The van der Waals surface area contributed by atoms with Crippen molar-refractivity contribution in [1.82, 2.24) is 47.9 Å². The molecule has 11 bridgehead atoms. The van der Waals surface area contributed by atoms with E-state index in [9.17, 15) is 69.9 Å². The summed E-state index contributed by atoms with van der Waals surface area (Å²) in [5.74, 6) is -13.9. The Hall–Kier alpha value is -8.68. The number of thiol groups is 1. The van der Waals surface area contributed by atoms with Crippen molar-refractivity contribution in [2.75, 3.05) is 44.0 Å². The maximum Gasteiger partial charge on any atom is 0.248 e. The Kier molecular flexibility index (Phi) is 29.0. The van der Waals surface area contributed by atoms with Crippen molar-refractivity contribution in [3.63, 3.8) is 0 Å². The molecular weight excluding hydrogens is 1580 g/mol. The van der Waals surface area contributed by atoms with Gasteiger partial charge < -0.3 is 134 Å². The molecule has 2 fully saturated rings. The van der Waals surface area contributed by atoms with E-state index in [1.807, 2.05) is 13.8 Å². The van der Waals surface area contributed by atoms with Crippen LogP contribution in [0.4, 0.5) is 0 Å². The zero-order valence-electron chi connectivity index (χ0n) is 61.3. The number of phenols is 3. The summed E-state index contributed by atoms with van der Waals surface area (Å²) in [4.78, 5) is 132. The number of fused-ring (bicyclic) bond motifs is 15. The molecule has 9 amide bonds. The van der Waals surface area contributed by atoms with Crippen LogP contribution >= 0.6 is 57.4 Å². The number of nitrogens with one attached hydrogen (secondary N) is 9. The molecule has 612 valence electrons. The molecule has 5 aromatic carbocycles. The lowest BCUT2D eigenvalue weighted by Gasteiger charge is -2.47. The first-order chi connectivity index (χ1) is 53.6. The van der Waals surface area contributed by atoms with Gasteiger partial charge in [0.15, 0.2) is 23.9 Å². The number of halogens is 2. The van der Waals surface area contributed by atoms with Gasteiger partial charge in [0.05, 0.1) is 41.3 Å². The van der Waals surface area contributed by atoms with Crippen LogP contribution in [0.2, 0.25) is 10.0 Å². The second-order valence-corrected chi connectivity index (χ2v) is 32.1. The Bertz CT molecular complexity index is 4400. The molecule has 22 N–H and O–H groups in total. The van der Waals surface area contributed by atoms with Crippen molar-refractivity contribution in [2.45, 2.75) is 163 Å². The van der Waals surface area contributed by atoms with Crippen LogP contribution in [-0.4, -0.2) is 222 Å². The second kappa shape index (κ2) is 37.7. The number of aromatic hydroxyl groups is 3. The van der Waals surface area contributed by atoms with Crippen LogP contribution in [-0.2, 0) is 57.4 Å². The minimum Gasteiger partial charge on any atom is -0.508 e. The van der Waals surface area contributed by atoms with Gasteiger partial charge in [-0.05, 0) is 121 Å². The van der Waals surface area contributed by atoms with Crippen molar-refractivity contribution >= 4 is 111 Å². The average molecular weight is 1670 g/mol. The van der Waals surface area contributed by atoms with E-state index in [1.165, 1.54) is 60.7 Å². The number of likely N-dealkylation sites (N-methyl/N-ethyl adjacent to an activating group) is 1. The number of hydrogen-bond donors (Lipinski definition) is 21. The van der Waals surface area contributed by atoms with Crippen molar-refractivity contribution < 1.29 is 118 Å². The molecule has 7 aliphatic rings. The molecule has 0 unspecified atom stereocenters. The number of nitrogens with two attached hydrogens (primary N) is 2. The number of rotatable bonds is 22. The van der Waals surface area contributed by atoms with Gasteiger partial charge in [0.25, 0.3) is 0 Å². The van der Waals surface area contributed by atoms with E-state index in [0.717, 1.165) is 60.7 Å². The summed E-state index contributed by atoms with van der Waals surface area (Å²) in [7, 11) is 4.16. The fourth-order valence-corrected chi connectivity index (χ4v) is 15.8. The third-order valence-corrected chi connectivity index (χ3v) is 22.4. The molecule has 5 aromatic rings. The normalized spacial score (nSPS) is 27.5. The molecule has 0 aliphatic carbocycles. The van der Waals surface area contributed by atoms with Crippen molar-refractivity contribution in [3.05, 3.63) is 117 Å². The Balaban J connectivity index is 1.18. The fourth-order valence-electron chi connectivity index (χ4n) is 13.4. The molecule has 35 nitrogen and oxygen atoms in total. The topological polar surface area (TPSA) is 551 Å². The lowest BCUT2D eigenvalue weighted by molar-refractivity contribution is -0.333. The predicted octanol–water partition coefficient (Wildman–Crippen LogP) is 0.955. The number of carbonyl (C=O) groups excluding carboxylic acids is 9. The number of ether oxygens (including phenoxy) is 6. The molecule has 7 heterocycles. The molecule has 12 rings (SSSR count). The van der Waals surface area contributed by atoms with Gasteiger partial charge in [0.1, 0.15) is 95.5 Å².